The van der Waals surface area contributed by atoms with Crippen molar-refractivity contribution in [3.8, 4) is 6.07 Å². The lowest BCUT2D eigenvalue weighted by Gasteiger charge is -2.39. The molecule has 2 fully saturated rings. The van der Waals surface area contributed by atoms with Crippen molar-refractivity contribution in [2.45, 2.75) is 38.2 Å². The highest BCUT2D eigenvalue weighted by molar-refractivity contribution is 7.91. The third-order valence-corrected chi connectivity index (χ3v) is 5.90. The molecule has 1 aliphatic carbocycles. The fraction of sp³-hybridized carbons (Fsp3) is 0.909. The van der Waals surface area contributed by atoms with Gasteiger partial charge in [0.05, 0.1) is 23.2 Å². The van der Waals surface area contributed by atoms with Crippen molar-refractivity contribution in [3.05, 3.63) is 0 Å². The Kier molecular flexibility index (Phi) is 2.56. The van der Waals surface area contributed by atoms with Crippen molar-refractivity contribution >= 4 is 9.84 Å². The van der Waals surface area contributed by atoms with Gasteiger partial charge in [-0.15, -0.1) is 0 Å². The molecule has 0 radical (unpaired) electrons. The van der Waals surface area contributed by atoms with Crippen LogP contribution in [0.2, 0.25) is 0 Å². The summed E-state index contributed by atoms with van der Waals surface area (Å²) in [5.74, 6) is -0.0159. The zero-order valence-corrected chi connectivity index (χ0v) is 10.3. The van der Waals surface area contributed by atoms with Gasteiger partial charge < -0.3 is 5.11 Å². The van der Waals surface area contributed by atoms with Gasteiger partial charge in [-0.3, -0.25) is 0 Å². The molecule has 4 nitrogen and oxygen atoms in total. The maximum atomic E-state index is 11.5. The molecule has 0 spiro atoms. The van der Waals surface area contributed by atoms with Crippen LogP contribution in [-0.2, 0) is 9.84 Å². The molecular formula is C11H17NO3S. The van der Waals surface area contributed by atoms with E-state index in [1.54, 1.807) is 0 Å². The van der Waals surface area contributed by atoms with Crippen molar-refractivity contribution in [3.63, 3.8) is 0 Å². The highest BCUT2D eigenvalue weighted by Crippen LogP contribution is 2.54. The van der Waals surface area contributed by atoms with E-state index in [1.807, 2.05) is 6.92 Å². The Hall–Kier alpha value is -0.600. The molecule has 2 atom stereocenters. The summed E-state index contributed by atoms with van der Waals surface area (Å²) in [4.78, 5) is 0. The number of rotatable bonds is 3. The van der Waals surface area contributed by atoms with Crippen LogP contribution >= 0.6 is 0 Å². The van der Waals surface area contributed by atoms with E-state index in [1.165, 1.54) is 0 Å². The summed E-state index contributed by atoms with van der Waals surface area (Å²) >= 11 is 0. The average molecular weight is 243 g/mol. The summed E-state index contributed by atoms with van der Waals surface area (Å²) in [7, 11) is -3.15. The molecule has 2 rings (SSSR count). The molecule has 0 aromatic carbocycles. The predicted octanol–water partition coefficient (Wildman–Crippen LogP) is 0.866. The lowest BCUT2D eigenvalue weighted by Crippen LogP contribution is -2.50. The van der Waals surface area contributed by atoms with Crippen molar-refractivity contribution < 1.29 is 13.5 Å². The Morgan fingerprint density at radius 3 is 2.50 bits per heavy atom. The minimum atomic E-state index is -3.15. The first-order valence-electron chi connectivity index (χ1n) is 5.73. The molecular weight excluding hydrogens is 226 g/mol. The first kappa shape index (κ1) is 11.9. The van der Waals surface area contributed by atoms with Crippen LogP contribution < -0.4 is 0 Å². The van der Waals surface area contributed by atoms with Crippen LogP contribution in [0.1, 0.15) is 32.6 Å². The molecule has 0 aromatic rings. The van der Waals surface area contributed by atoms with Crippen LogP contribution in [0.15, 0.2) is 0 Å². The SMILES string of the molecule is CCC(O)(C1CC1)C1(C#N)CCS(=O)(=O)C1. The first-order chi connectivity index (χ1) is 7.39. The standard InChI is InChI=1S/C11H17NO3S/c1-2-11(13,9-3-4-9)10(7-12)5-6-16(14,15)8-10/h9,13H,2-6,8H2,1H3. The van der Waals surface area contributed by atoms with E-state index in [2.05, 4.69) is 6.07 Å². The summed E-state index contributed by atoms with van der Waals surface area (Å²) in [6.45, 7) is 1.84. The van der Waals surface area contributed by atoms with Crippen LogP contribution in [0.3, 0.4) is 0 Å². The lowest BCUT2D eigenvalue weighted by molar-refractivity contribution is -0.0664. The third-order valence-electron chi connectivity index (χ3n) is 4.14. The number of hydrogen-bond donors (Lipinski definition) is 1. The van der Waals surface area contributed by atoms with Gasteiger partial charge in [0.25, 0.3) is 0 Å². The molecule has 0 amide bonds. The van der Waals surface area contributed by atoms with E-state index in [9.17, 15) is 18.8 Å². The highest BCUT2D eigenvalue weighted by Gasteiger charge is 2.61. The second kappa shape index (κ2) is 3.44. The van der Waals surface area contributed by atoms with Crippen LogP contribution in [0.25, 0.3) is 0 Å². The quantitative estimate of drug-likeness (QED) is 0.797. The van der Waals surface area contributed by atoms with E-state index in [0.29, 0.717) is 6.42 Å². The zero-order chi connectivity index (χ0) is 12.0. The third kappa shape index (κ3) is 1.56. The molecule has 5 heteroatoms. The van der Waals surface area contributed by atoms with Crippen molar-refractivity contribution in [1.82, 2.24) is 0 Å². The van der Waals surface area contributed by atoms with Gasteiger partial charge in [0.15, 0.2) is 9.84 Å². The summed E-state index contributed by atoms with van der Waals surface area (Å²) in [5, 5.41) is 20.0. The summed E-state index contributed by atoms with van der Waals surface area (Å²) in [5.41, 5.74) is -2.17. The minimum Gasteiger partial charge on any atom is -0.388 e. The topological polar surface area (TPSA) is 78.2 Å². The number of aliphatic hydroxyl groups is 1. The molecule has 16 heavy (non-hydrogen) atoms. The summed E-state index contributed by atoms with van der Waals surface area (Å²) in [6, 6.07) is 2.12. The minimum absolute atomic E-state index is 0.0373. The fourth-order valence-electron chi connectivity index (χ4n) is 2.95. The van der Waals surface area contributed by atoms with Crippen molar-refractivity contribution in [2.75, 3.05) is 11.5 Å². The number of nitrogens with zero attached hydrogens (tertiary/aromatic N) is 1. The molecule has 1 saturated heterocycles. The number of hydrogen-bond acceptors (Lipinski definition) is 4. The van der Waals surface area contributed by atoms with Crippen LogP contribution in [0, 0.1) is 22.7 Å². The van der Waals surface area contributed by atoms with Crippen molar-refractivity contribution in [1.29, 1.82) is 5.26 Å². The monoisotopic (exact) mass is 243 g/mol. The molecule has 90 valence electrons. The first-order valence-corrected chi connectivity index (χ1v) is 7.55. The number of sulfone groups is 1. The Morgan fingerprint density at radius 2 is 2.19 bits per heavy atom. The van der Waals surface area contributed by atoms with Gasteiger partial charge in [0.2, 0.25) is 0 Å². The van der Waals surface area contributed by atoms with Gasteiger partial charge in [-0.2, -0.15) is 5.26 Å². The molecule has 1 N–H and O–H groups in total. The Bertz CT molecular complexity index is 435. The maximum Gasteiger partial charge on any atom is 0.152 e. The Morgan fingerprint density at radius 1 is 1.56 bits per heavy atom. The highest BCUT2D eigenvalue weighted by atomic mass is 32.2. The van der Waals surface area contributed by atoms with Crippen LogP contribution in [0.5, 0.6) is 0 Å². The number of nitriles is 1. The van der Waals surface area contributed by atoms with E-state index < -0.39 is 20.9 Å². The summed E-state index contributed by atoms with van der Waals surface area (Å²) in [6.07, 6.45) is 2.56. The Labute approximate surface area is 96.2 Å². The van der Waals surface area contributed by atoms with E-state index in [-0.39, 0.29) is 23.8 Å². The fourth-order valence-corrected chi connectivity index (χ4v) is 4.97. The van der Waals surface area contributed by atoms with Gasteiger partial charge >= 0.3 is 0 Å². The average Bonchev–Trinajstić information content (AvgIpc) is 3.03. The second-order valence-corrected chi connectivity index (χ2v) is 7.27. The second-order valence-electron chi connectivity index (χ2n) is 5.09. The molecule has 0 aromatic heterocycles. The van der Waals surface area contributed by atoms with Gasteiger partial charge in [0, 0.05) is 0 Å². The van der Waals surface area contributed by atoms with Gasteiger partial charge in [-0.25, -0.2) is 8.42 Å². The van der Waals surface area contributed by atoms with Gasteiger partial charge in [-0.1, -0.05) is 6.92 Å². The molecule has 1 aliphatic heterocycles. The Balaban J connectivity index is 2.39. The smallest absolute Gasteiger partial charge is 0.152 e. The summed E-state index contributed by atoms with van der Waals surface area (Å²) < 4.78 is 23.1. The normalized spacial score (nSPS) is 36.6. The van der Waals surface area contributed by atoms with Gasteiger partial charge in [0.1, 0.15) is 5.41 Å². The molecule has 1 saturated carbocycles. The van der Waals surface area contributed by atoms with Crippen molar-refractivity contribution in [2.24, 2.45) is 11.3 Å². The van der Waals surface area contributed by atoms with E-state index in [0.717, 1.165) is 12.8 Å². The van der Waals surface area contributed by atoms with E-state index in [4.69, 9.17) is 0 Å². The lowest BCUT2D eigenvalue weighted by atomic mass is 9.68. The van der Waals surface area contributed by atoms with Crippen LogP contribution in [0.4, 0.5) is 0 Å². The molecule has 1 heterocycles. The zero-order valence-electron chi connectivity index (χ0n) is 9.44. The van der Waals surface area contributed by atoms with Crippen LogP contribution in [-0.4, -0.2) is 30.6 Å². The molecule has 2 unspecified atom stereocenters. The van der Waals surface area contributed by atoms with Gasteiger partial charge in [-0.05, 0) is 31.6 Å². The molecule has 2 aliphatic rings. The predicted molar refractivity (Wildman–Crippen MR) is 59.3 cm³/mol. The molecule has 0 bridgehead atoms. The largest absolute Gasteiger partial charge is 0.388 e. The maximum absolute atomic E-state index is 11.5. The van der Waals surface area contributed by atoms with E-state index >= 15 is 0 Å².